The predicted octanol–water partition coefficient (Wildman–Crippen LogP) is 0.895. The van der Waals surface area contributed by atoms with E-state index in [1.165, 1.54) is 11.2 Å². The maximum atomic E-state index is 11.8. The maximum absolute atomic E-state index is 11.8. The van der Waals surface area contributed by atoms with E-state index >= 15 is 0 Å². The van der Waals surface area contributed by atoms with Crippen LogP contribution in [0.5, 0.6) is 0 Å². The second-order valence-corrected chi connectivity index (χ2v) is 4.38. The Labute approximate surface area is 109 Å². The van der Waals surface area contributed by atoms with Gasteiger partial charge in [-0.15, -0.1) is 0 Å². The van der Waals surface area contributed by atoms with Crippen LogP contribution in [0.25, 0.3) is 11.2 Å². The number of likely N-dealkylation sites (N-methyl/N-ethyl adjacent to an activating group) is 1. The third-order valence-electron chi connectivity index (χ3n) is 2.42. The summed E-state index contributed by atoms with van der Waals surface area (Å²) in [5.41, 5.74) is 1.08. The maximum Gasteiger partial charge on any atom is 0.244 e. The highest BCUT2D eigenvalue weighted by atomic mass is 35.5. The van der Waals surface area contributed by atoms with Gasteiger partial charge in [0.1, 0.15) is 11.6 Å². The van der Waals surface area contributed by atoms with Crippen molar-refractivity contribution in [3.8, 4) is 0 Å². The Morgan fingerprint density at radius 2 is 2.22 bits per heavy atom. The van der Waals surface area contributed by atoms with Crippen LogP contribution in [0, 0.1) is 0 Å². The van der Waals surface area contributed by atoms with Crippen molar-refractivity contribution in [1.82, 2.24) is 24.8 Å². The number of carbonyl (C=O) groups excluding carboxylic acids is 1. The molecule has 1 unspecified atom stereocenters. The molecule has 0 saturated carbocycles. The summed E-state index contributed by atoms with van der Waals surface area (Å²) in [6.07, 6.45) is 1.50. The number of anilines is 1. The van der Waals surface area contributed by atoms with Gasteiger partial charge in [0.05, 0.1) is 6.33 Å². The zero-order valence-corrected chi connectivity index (χ0v) is 11.0. The lowest BCUT2D eigenvalue weighted by molar-refractivity contribution is -0.129. The van der Waals surface area contributed by atoms with Gasteiger partial charge in [0.15, 0.2) is 11.5 Å². The number of nitrogens with one attached hydrogen (secondary N) is 2. The summed E-state index contributed by atoms with van der Waals surface area (Å²) in [5.74, 6) is 0.405. The predicted molar refractivity (Wildman–Crippen MR) is 68.5 cm³/mol. The van der Waals surface area contributed by atoms with Crippen LogP contribution in [0.15, 0.2) is 6.33 Å². The topological polar surface area (TPSA) is 86.8 Å². The number of amides is 1. The molecule has 2 aromatic heterocycles. The highest BCUT2D eigenvalue weighted by molar-refractivity contribution is 6.28. The van der Waals surface area contributed by atoms with Crippen molar-refractivity contribution in [2.45, 2.75) is 13.0 Å². The van der Waals surface area contributed by atoms with E-state index in [2.05, 4.69) is 25.3 Å². The van der Waals surface area contributed by atoms with Crippen molar-refractivity contribution in [2.75, 3.05) is 19.4 Å². The minimum absolute atomic E-state index is 0.0580. The molecule has 0 aromatic carbocycles. The molecule has 1 amide bonds. The summed E-state index contributed by atoms with van der Waals surface area (Å²) in [5, 5.41) is 3.08. The van der Waals surface area contributed by atoms with Crippen molar-refractivity contribution in [1.29, 1.82) is 0 Å². The number of hydrogen-bond donors (Lipinski definition) is 2. The quantitative estimate of drug-likeness (QED) is 0.808. The number of fused-ring (bicyclic) bond motifs is 1. The Hall–Kier alpha value is -1.89. The number of carbonyl (C=O) groups is 1. The monoisotopic (exact) mass is 268 g/mol. The molecular formula is C10H13ClN6O. The average Bonchev–Trinajstić information content (AvgIpc) is 2.75. The standard InChI is InChI=1S/C10H13ClN6O/c1-5(9(18)17(2)3)14-8-6-7(13-4-12-6)15-10(11)16-8/h4-5H,1-3H3,(H2,12,13,14,15,16). The number of imidazole rings is 1. The number of aromatic nitrogens is 4. The third kappa shape index (κ3) is 2.35. The molecule has 0 bridgehead atoms. The first kappa shape index (κ1) is 12.6. The molecule has 8 heteroatoms. The van der Waals surface area contributed by atoms with Crippen molar-refractivity contribution in [3.63, 3.8) is 0 Å². The smallest absolute Gasteiger partial charge is 0.244 e. The van der Waals surface area contributed by atoms with Gasteiger partial charge >= 0.3 is 0 Å². The van der Waals surface area contributed by atoms with E-state index in [4.69, 9.17) is 11.6 Å². The molecule has 0 aliphatic carbocycles. The molecule has 0 aliphatic rings. The number of hydrogen-bond acceptors (Lipinski definition) is 5. The highest BCUT2D eigenvalue weighted by Crippen LogP contribution is 2.19. The molecule has 0 aliphatic heterocycles. The van der Waals surface area contributed by atoms with Gasteiger partial charge in [0, 0.05) is 14.1 Å². The second kappa shape index (κ2) is 4.77. The largest absolute Gasteiger partial charge is 0.357 e. The van der Waals surface area contributed by atoms with Crippen LogP contribution in [0.2, 0.25) is 5.28 Å². The molecule has 0 fully saturated rings. The lowest BCUT2D eigenvalue weighted by atomic mass is 10.3. The summed E-state index contributed by atoms with van der Waals surface area (Å²) >= 11 is 5.79. The van der Waals surface area contributed by atoms with E-state index in [1.54, 1.807) is 21.0 Å². The van der Waals surface area contributed by atoms with E-state index in [9.17, 15) is 4.79 Å². The summed E-state index contributed by atoms with van der Waals surface area (Å²) in [6, 6.07) is -0.419. The van der Waals surface area contributed by atoms with Crippen molar-refractivity contribution < 1.29 is 4.79 Å². The molecule has 18 heavy (non-hydrogen) atoms. The van der Waals surface area contributed by atoms with E-state index in [0.717, 1.165) is 0 Å². The molecule has 0 saturated heterocycles. The summed E-state index contributed by atoms with van der Waals surface area (Å²) in [6.45, 7) is 1.75. The van der Waals surface area contributed by atoms with Gasteiger partial charge in [0.25, 0.3) is 0 Å². The lowest BCUT2D eigenvalue weighted by Gasteiger charge is -2.18. The first-order valence-electron chi connectivity index (χ1n) is 5.33. The van der Waals surface area contributed by atoms with E-state index < -0.39 is 6.04 Å². The van der Waals surface area contributed by atoms with Crippen LogP contribution in [-0.2, 0) is 4.79 Å². The van der Waals surface area contributed by atoms with Crippen LogP contribution in [0.1, 0.15) is 6.92 Å². The van der Waals surface area contributed by atoms with Crippen LogP contribution >= 0.6 is 11.6 Å². The Morgan fingerprint density at radius 1 is 1.50 bits per heavy atom. The van der Waals surface area contributed by atoms with Crippen LogP contribution in [0.4, 0.5) is 5.82 Å². The van der Waals surface area contributed by atoms with Gasteiger partial charge in [-0.25, -0.2) is 4.98 Å². The van der Waals surface area contributed by atoms with Crippen molar-refractivity contribution >= 4 is 34.5 Å². The Morgan fingerprint density at radius 3 is 2.89 bits per heavy atom. The number of aromatic amines is 1. The number of rotatable bonds is 3. The molecular weight excluding hydrogens is 256 g/mol. The minimum Gasteiger partial charge on any atom is -0.357 e. The Kier molecular flexibility index (Phi) is 3.33. The van der Waals surface area contributed by atoms with Crippen LogP contribution < -0.4 is 5.32 Å². The van der Waals surface area contributed by atoms with Crippen LogP contribution in [-0.4, -0.2) is 50.9 Å². The SMILES string of the molecule is CC(Nc1nc(Cl)nc2nc[nH]c12)C(=O)N(C)C. The Balaban J connectivity index is 2.31. The summed E-state index contributed by atoms with van der Waals surface area (Å²) in [7, 11) is 3.39. The zero-order valence-electron chi connectivity index (χ0n) is 10.2. The zero-order chi connectivity index (χ0) is 13.3. The van der Waals surface area contributed by atoms with Gasteiger partial charge in [-0.1, -0.05) is 0 Å². The molecule has 2 N–H and O–H groups in total. The molecule has 1 atom stereocenters. The summed E-state index contributed by atoms with van der Waals surface area (Å²) in [4.78, 5) is 28.2. The lowest BCUT2D eigenvalue weighted by Crippen LogP contribution is -2.36. The second-order valence-electron chi connectivity index (χ2n) is 4.04. The molecule has 7 nitrogen and oxygen atoms in total. The number of halogens is 1. The average molecular weight is 269 g/mol. The van der Waals surface area contributed by atoms with Crippen LogP contribution in [0.3, 0.4) is 0 Å². The fraction of sp³-hybridized carbons (Fsp3) is 0.400. The molecule has 2 aromatic rings. The van der Waals surface area contributed by atoms with Gasteiger partial charge in [0.2, 0.25) is 11.2 Å². The van der Waals surface area contributed by atoms with E-state index in [-0.39, 0.29) is 11.2 Å². The van der Waals surface area contributed by atoms with Gasteiger partial charge in [-0.3, -0.25) is 4.79 Å². The Bertz CT molecular complexity index is 581. The fourth-order valence-electron chi connectivity index (χ4n) is 1.57. The molecule has 0 radical (unpaired) electrons. The molecule has 2 heterocycles. The number of nitrogens with zero attached hydrogens (tertiary/aromatic N) is 4. The minimum atomic E-state index is -0.419. The summed E-state index contributed by atoms with van der Waals surface area (Å²) < 4.78 is 0. The first-order chi connectivity index (χ1) is 8.49. The molecule has 2 rings (SSSR count). The van der Waals surface area contributed by atoms with Gasteiger partial charge in [-0.2, -0.15) is 9.97 Å². The van der Waals surface area contributed by atoms with Crippen molar-refractivity contribution in [2.24, 2.45) is 0 Å². The fourth-order valence-corrected chi connectivity index (χ4v) is 1.73. The van der Waals surface area contributed by atoms with Gasteiger partial charge in [-0.05, 0) is 18.5 Å². The van der Waals surface area contributed by atoms with E-state index in [0.29, 0.717) is 17.0 Å². The number of H-pyrrole nitrogens is 1. The molecule has 96 valence electrons. The first-order valence-corrected chi connectivity index (χ1v) is 5.71. The van der Waals surface area contributed by atoms with Crippen molar-refractivity contribution in [3.05, 3.63) is 11.6 Å². The van der Waals surface area contributed by atoms with Gasteiger partial charge < -0.3 is 15.2 Å². The normalized spacial score (nSPS) is 12.4. The highest BCUT2D eigenvalue weighted by Gasteiger charge is 2.17. The third-order valence-corrected chi connectivity index (χ3v) is 2.59. The van der Waals surface area contributed by atoms with E-state index in [1.807, 2.05) is 0 Å². The molecule has 0 spiro atoms.